The summed E-state index contributed by atoms with van der Waals surface area (Å²) in [6.45, 7) is 0.536. The van der Waals surface area contributed by atoms with Gasteiger partial charge in [-0.3, -0.25) is 0 Å². The summed E-state index contributed by atoms with van der Waals surface area (Å²) in [4.78, 5) is 7.70. The first kappa shape index (κ1) is 12.1. The fourth-order valence-electron chi connectivity index (χ4n) is 3.10. The zero-order valence-corrected chi connectivity index (χ0v) is 12.3. The molecule has 0 saturated heterocycles. The molecule has 0 saturated carbocycles. The van der Waals surface area contributed by atoms with Crippen molar-refractivity contribution in [2.45, 2.75) is 25.8 Å². The molecule has 2 heterocycles. The maximum absolute atomic E-state index is 5.83. The number of thiophene rings is 1. The Kier molecular flexibility index (Phi) is 2.69. The Hall–Kier alpha value is -1.65. The standard InChI is InChI=1S/C16H17N3S/c1-19-12-6-2-5-11(9-17)15(12)18-16(19)14-8-10-4-3-7-13(10)20-14/h2,5-6,8H,3-4,7,9,17H2,1H3. The lowest BCUT2D eigenvalue weighted by Crippen LogP contribution is -1.97. The molecule has 0 fully saturated rings. The van der Waals surface area contributed by atoms with E-state index in [1.807, 2.05) is 11.3 Å². The van der Waals surface area contributed by atoms with E-state index in [0.717, 1.165) is 22.4 Å². The molecule has 1 aliphatic rings. The van der Waals surface area contributed by atoms with Crippen molar-refractivity contribution in [3.8, 4) is 10.7 Å². The molecule has 20 heavy (non-hydrogen) atoms. The van der Waals surface area contributed by atoms with Crippen molar-refractivity contribution in [3.05, 3.63) is 40.3 Å². The Morgan fingerprint density at radius 3 is 3.05 bits per heavy atom. The second-order valence-corrected chi connectivity index (χ2v) is 6.53. The number of rotatable bonds is 2. The molecule has 4 rings (SSSR count). The summed E-state index contributed by atoms with van der Waals surface area (Å²) in [5.74, 6) is 1.07. The third-order valence-electron chi connectivity index (χ3n) is 4.18. The molecule has 1 aromatic carbocycles. The van der Waals surface area contributed by atoms with Gasteiger partial charge >= 0.3 is 0 Å². The first-order chi connectivity index (χ1) is 9.78. The molecule has 0 spiro atoms. The van der Waals surface area contributed by atoms with Crippen LogP contribution in [0.1, 0.15) is 22.4 Å². The van der Waals surface area contributed by atoms with E-state index in [2.05, 4.69) is 35.9 Å². The number of benzene rings is 1. The fourth-order valence-corrected chi connectivity index (χ4v) is 4.38. The number of fused-ring (bicyclic) bond motifs is 2. The van der Waals surface area contributed by atoms with Gasteiger partial charge in [-0.25, -0.2) is 4.98 Å². The summed E-state index contributed by atoms with van der Waals surface area (Å²) in [6.07, 6.45) is 3.77. The quantitative estimate of drug-likeness (QED) is 0.784. The van der Waals surface area contributed by atoms with Gasteiger partial charge < -0.3 is 10.3 Å². The van der Waals surface area contributed by atoms with Crippen LogP contribution in [-0.4, -0.2) is 9.55 Å². The number of nitrogens with two attached hydrogens (primary N) is 1. The lowest BCUT2D eigenvalue weighted by atomic mass is 10.2. The first-order valence-electron chi connectivity index (χ1n) is 7.04. The van der Waals surface area contributed by atoms with Gasteiger partial charge in [-0.15, -0.1) is 11.3 Å². The summed E-state index contributed by atoms with van der Waals surface area (Å²) in [5.41, 5.74) is 10.7. The van der Waals surface area contributed by atoms with Crippen LogP contribution in [0.2, 0.25) is 0 Å². The largest absolute Gasteiger partial charge is 0.326 e. The Morgan fingerprint density at radius 1 is 1.35 bits per heavy atom. The van der Waals surface area contributed by atoms with Crippen LogP contribution >= 0.6 is 11.3 Å². The van der Waals surface area contributed by atoms with Crippen molar-refractivity contribution in [3.63, 3.8) is 0 Å². The maximum Gasteiger partial charge on any atom is 0.151 e. The Balaban J connectivity index is 1.93. The molecule has 0 aliphatic heterocycles. The number of hydrogen-bond acceptors (Lipinski definition) is 3. The van der Waals surface area contributed by atoms with Crippen molar-refractivity contribution >= 4 is 22.4 Å². The minimum absolute atomic E-state index is 0.536. The van der Waals surface area contributed by atoms with Crippen molar-refractivity contribution in [1.29, 1.82) is 0 Å². The van der Waals surface area contributed by atoms with E-state index in [1.165, 1.54) is 29.7 Å². The van der Waals surface area contributed by atoms with E-state index in [-0.39, 0.29) is 0 Å². The molecule has 0 bridgehead atoms. The molecule has 1 aliphatic carbocycles. The highest BCUT2D eigenvalue weighted by Gasteiger charge is 2.19. The molecule has 0 unspecified atom stereocenters. The lowest BCUT2D eigenvalue weighted by Gasteiger charge is -2.00. The molecular formula is C16H17N3S. The maximum atomic E-state index is 5.83. The van der Waals surface area contributed by atoms with Gasteiger partial charge in [0, 0.05) is 18.5 Å². The Morgan fingerprint density at radius 2 is 2.25 bits per heavy atom. The lowest BCUT2D eigenvalue weighted by molar-refractivity contribution is 0.914. The van der Waals surface area contributed by atoms with Gasteiger partial charge in [0.15, 0.2) is 5.82 Å². The molecule has 2 aromatic heterocycles. The Bertz CT molecular complexity index is 776. The smallest absolute Gasteiger partial charge is 0.151 e. The van der Waals surface area contributed by atoms with E-state index in [4.69, 9.17) is 10.7 Å². The van der Waals surface area contributed by atoms with E-state index < -0.39 is 0 Å². The van der Waals surface area contributed by atoms with Gasteiger partial charge in [-0.1, -0.05) is 12.1 Å². The fraction of sp³-hybridized carbons (Fsp3) is 0.312. The zero-order chi connectivity index (χ0) is 13.7. The van der Waals surface area contributed by atoms with Crippen molar-refractivity contribution in [2.24, 2.45) is 12.8 Å². The average Bonchev–Trinajstić information content (AvgIpc) is 3.11. The second kappa shape index (κ2) is 4.43. The highest BCUT2D eigenvalue weighted by Crippen LogP contribution is 2.37. The van der Waals surface area contributed by atoms with Crippen LogP contribution in [0.3, 0.4) is 0 Å². The summed E-state index contributed by atoms with van der Waals surface area (Å²) in [5, 5.41) is 0. The van der Waals surface area contributed by atoms with Gasteiger partial charge in [0.2, 0.25) is 0 Å². The molecule has 3 aromatic rings. The zero-order valence-electron chi connectivity index (χ0n) is 11.5. The van der Waals surface area contributed by atoms with Crippen LogP contribution in [0.15, 0.2) is 24.3 Å². The highest BCUT2D eigenvalue weighted by atomic mass is 32.1. The predicted octanol–water partition coefficient (Wildman–Crippen LogP) is 3.25. The molecule has 0 amide bonds. The van der Waals surface area contributed by atoms with Gasteiger partial charge in [0.25, 0.3) is 0 Å². The van der Waals surface area contributed by atoms with Crippen LogP contribution in [0.25, 0.3) is 21.7 Å². The van der Waals surface area contributed by atoms with Gasteiger partial charge in [0.05, 0.1) is 15.9 Å². The average molecular weight is 283 g/mol. The summed E-state index contributed by atoms with van der Waals surface area (Å²) >= 11 is 1.90. The number of imidazole rings is 1. The predicted molar refractivity (Wildman–Crippen MR) is 83.9 cm³/mol. The molecule has 0 atom stereocenters. The van der Waals surface area contributed by atoms with Gasteiger partial charge in [-0.05, 0) is 42.5 Å². The third kappa shape index (κ3) is 1.65. The van der Waals surface area contributed by atoms with Crippen LogP contribution in [0.5, 0.6) is 0 Å². The van der Waals surface area contributed by atoms with Crippen molar-refractivity contribution < 1.29 is 0 Å². The van der Waals surface area contributed by atoms with Gasteiger partial charge in [0.1, 0.15) is 0 Å². The van der Waals surface area contributed by atoms with E-state index in [1.54, 1.807) is 4.88 Å². The number of hydrogen-bond donors (Lipinski definition) is 1. The monoisotopic (exact) mass is 283 g/mol. The molecule has 102 valence electrons. The van der Waals surface area contributed by atoms with E-state index in [9.17, 15) is 0 Å². The van der Waals surface area contributed by atoms with E-state index >= 15 is 0 Å². The topological polar surface area (TPSA) is 43.8 Å². The van der Waals surface area contributed by atoms with Crippen LogP contribution in [-0.2, 0) is 26.4 Å². The molecule has 3 nitrogen and oxygen atoms in total. The SMILES string of the molecule is Cn1c(-c2cc3c(s2)CCC3)nc2c(CN)cccc21. The summed E-state index contributed by atoms with van der Waals surface area (Å²) in [7, 11) is 2.09. The Labute approximate surface area is 122 Å². The number of nitrogens with zero attached hydrogens (tertiary/aromatic N) is 2. The first-order valence-corrected chi connectivity index (χ1v) is 7.86. The third-order valence-corrected chi connectivity index (χ3v) is 5.41. The number of aryl methyl sites for hydroxylation is 3. The van der Waals surface area contributed by atoms with Crippen LogP contribution in [0.4, 0.5) is 0 Å². The minimum Gasteiger partial charge on any atom is -0.326 e. The molecule has 2 N–H and O–H groups in total. The highest BCUT2D eigenvalue weighted by molar-refractivity contribution is 7.15. The van der Waals surface area contributed by atoms with E-state index in [0.29, 0.717) is 6.54 Å². The van der Waals surface area contributed by atoms with Gasteiger partial charge in [-0.2, -0.15) is 0 Å². The molecular weight excluding hydrogens is 266 g/mol. The normalized spacial score (nSPS) is 14.1. The van der Waals surface area contributed by atoms with Crippen LogP contribution in [0, 0.1) is 0 Å². The van der Waals surface area contributed by atoms with Crippen LogP contribution < -0.4 is 5.73 Å². The minimum atomic E-state index is 0.536. The van der Waals surface area contributed by atoms with Crippen molar-refractivity contribution in [1.82, 2.24) is 9.55 Å². The summed E-state index contributed by atoms with van der Waals surface area (Å²) in [6, 6.07) is 8.57. The second-order valence-electron chi connectivity index (χ2n) is 5.40. The molecule has 4 heteroatoms. The summed E-state index contributed by atoms with van der Waals surface area (Å²) < 4.78 is 2.19. The van der Waals surface area contributed by atoms with Crippen molar-refractivity contribution in [2.75, 3.05) is 0 Å². The molecule has 0 radical (unpaired) electrons. The number of aromatic nitrogens is 2. The number of para-hydroxylation sites is 1.